The second-order valence-electron chi connectivity index (χ2n) is 5.42. The highest BCUT2D eigenvalue weighted by Crippen LogP contribution is 2.57. The molecule has 0 saturated heterocycles. The van der Waals surface area contributed by atoms with Crippen molar-refractivity contribution in [2.75, 3.05) is 7.05 Å². The Labute approximate surface area is 100 Å². The Morgan fingerprint density at radius 3 is 2.47 bits per heavy atom. The summed E-state index contributed by atoms with van der Waals surface area (Å²) < 4.78 is 26.7. The van der Waals surface area contributed by atoms with Crippen LogP contribution in [0.15, 0.2) is 18.2 Å². The fourth-order valence-corrected chi connectivity index (χ4v) is 3.43. The molecule has 1 aromatic rings. The van der Waals surface area contributed by atoms with Crippen molar-refractivity contribution in [3.8, 4) is 0 Å². The number of fused-ring (bicyclic) bond motifs is 1. The third-order valence-corrected chi connectivity index (χ3v) is 4.36. The maximum absolute atomic E-state index is 13.8. The molecule has 2 aliphatic rings. The number of nitrogens with one attached hydrogen (secondary N) is 1. The molecule has 1 nitrogen and oxygen atoms in total. The van der Waals surface area contributed by atoms with E-state index in [9.17, 15) is 8.78 Å². The van der Waals surface area contributed by atoms with Crippen LogP contribution in [0.25, 0.3) is 0 Å². The van der Waals surface area contributed by atoms with E-state index < -0.39 is 11.6 Å². The Balaban J connectivity index is 1.84. The van der Waals surface area contributed by atoms with Crippen LogP contribution in [0.1, 0.15) is 30.9 Å². The summed E-state index contributed by atoms with van der Waals surface area (Å²) >= 11 is 0. The smallest absolute Gasteiger partial charge is 0.130 e. The fraction of sp³-hybridized carbons (Fsp3) is 0.571. The Bertz CT molecular complexity index is 422. The normalized spacial score (nSPS) is 32.3. The number of benzene rings is 1. The summed E-state index contributed by atoms with van der Waals surface area (Å²) in [5.74, 6) is 1.32. The minimum atomic E-state index is -0.504. The van der Waals surface area contributed by atoms with E-state index in [1.54, 1.807) is 6.07 Å². The van der Waals surface area contributed by atoms with Gasteiger partial charge in [-0.1, -0.05) is 6.07 Å². The van der Waals surface area contributed by atoms with Gasteiger partial charge in [0.25, 0.3) is 0 Å². The molecular formula is C14H17F2N. The molecule has 0 aliphatic heterocycles. The minimum Gasteiger partial charge on any atom is -0.313 e. The highest BCUT2D eigenvalue weighted by Gasteiger charge is 2.48. The van der Waals surface area contributed by atoms with E-state index in [2.05, 4.69) is 5.32 Å². The van der Waals surface area contributed by atoms with E-state index >= 15 is 0 Å². The van der Waals surface area contributed by atoms with Crippen molar-refractivity contribution in [2.24, 2.45) is 17.8 Å². The van der Waals surface area contributed by atoms with Crippen molar-refractivity contribution in [1.82, 2.24) is 5.32 Å². The summed E-state index contributed by atoms with van der Waals surface area (Å²) in [4.78, 5) is 0. The number of hydrogen-bond donors (Lipinski definition) is 1. The fourth-order valence-electron chi connectivity index (χ4n) is 3.43. The lowest BCUT2D eigenvalue weighted by Gasteiger charge is -2.25. The highest BCUT2D eigenvalue weighted by atomic mass is 19.1. The standard InChI is InChI=1S/C14H17F2N/c1-17-14(10-5-8-4-9(8)6-10)12-3-2-11(15)7-13(12)16/h2-3,7-10,14,17H,4-6H2,1H3. The predicted octanol–water partition coefficient (Wildman–Crippen LogP) is 3.27. The third kappa shape index (κ3) is 1.97. The maximum Gasteiger partial charge on any atom is 0.130 e. The van der Waals surface area contributed by atoms with Gasteiger partial charge in [-0.3, -0.25) is 0 Å². The van der Waals surface area contributed by atoms with Crippen LogP contribution in [0.3, 0.4) is 0 Å². The van der Waals surface area contributed by atoms with Gasteiger partial charge in [0.1, 0.15) is 11.6 Å². The SMILES string of the molecule is CNC(c1ccc(F)cc1F)C1CC2CC2C1. The van der Waals surface area contributed by atoms with E-state index in [0.29, 0.717) is 11.5 Å². The van der Waals surface area contributed by atoms with Gasteiger partial charge in [-0.15, -0.1) is 0 Å². The van der Waals surface area contributed by atoms with Crippen LogP contribution in [0.5, 0.6) is 0 Å². The Kier molecular flexibility index (Phi) is 2.66. The molecule has 0 aromatic heterocycles. The molecule has 2 fully saturated rings. The van der Waals surface area contributed by atoms with Gasteiger partial charge >= 0.3 is 0 Å². The van der Waals surface area contributed by atoms with Crippen molar-refractivity contribution in [2.45, 2.75) is 25.3 Å². The van der Waals surface area contributed by atoms with Gasteiger partial charge in [0.05, 0.1) is 0 Å². The van der Waals surface area contributed by atoms with Gasteiger partial charge in [0.2, 0.25) is 0 Å². The van der Waals surface area contributed by atoms with Crippen LogP contribution >= 0.6 is 0 Å². The predicted molar refractivity (Wildman–Crippen MR) is 62.5 cm³/mol. The summed E-state index contributed by atoms with van der Waals surface area (Å²) in [6.07, 6.45) is 3.73. The lowest BCUT2D eigenvalue weighted by molar-refractivity contribution is 0.349. The Morgan fingerprint density at radius 2 is 1.88 bits per heavy atom. The van der Waals surface area contributed by atoms with E-state index in [0.717, 1.165) is 17.9 Å². The monoisotopic (exact) mass is 237 g/mol. The molecule has 1 N–H and O–H groups in total. The van der Waals surface area contributed by atoms with Crippen molar-refractivity contribution >= 4 is 0 Å². The third-order valence-electron chi connectivity index (χ3n) is 4.36. The number of halogens is 2. The van der Waals surface area contributed by atoms with Crippen LogP contribution in [0, 0.1) is 29.4 Å². The lowest BCUT2D eigenvalue weighted by Crippen LogP contribution is -2.25. The first kappa shape index (κ1) is 11.1. The molecule has 92 valence electrons. The molecule has 0 bridgehead atoms. The highest BCUT2D eigenvalue weighted by molar-refractivity contribution is 5.23. The zero-order chi connectivity index (χ0) is 12.0. The van der Waals surface area contributed by atoms with Gasteiger partial charge in [-0.05, 0) is 50.1 Å². The van der Waals surface area contributed by atoms with Crippen molar-refractivity contribution in [3.63, 3.8) is 0 Å². The summed E-state index contributed by atoms with van der Waals surface area (Å²) in [6, 6.07) is 3.94. The number of hydrogen-bond acceptors (Lipinski definition) is 1. The van der Waals surface area contributed by atoms with Crippen LogP contribution < -0.4 is 5.32 Å². The Hall–Kier alpha value is -0.960. The van der Waals surface area contributed by atoms with Crippen LogP contribution in [0.2, 0.25) is 0 Å². The average Bonchev–Trinajstić information content (AvgIpc) is 2.90. The largest absolute Gasteiger partial charge is 0.313 e. The van der Waals surface area contributed by atoms with Crippen molar-refractivity contribution < 1.29 is 8.78 Å². The molecule has 3 atom stereocenters. The molecule has 1 aromatic carbocycles. The molecule has 3 heteroatoms. The van der Waals surface area contributed by atoms with E-state index in [1.165, 1.54) is 25.3 Å². The molecule has 0 spiro atoms. The topological polar surface area (TPSA) is 12.0 Å². The van der Waals surface area contributed by atoms with Gasteiger partial charge in [0, 0.05) is 17.7 Å². The van der Waals surface area contributed by atoms with E-state index in [4.69, 9.17) is 0 Å². The summed E-state index contributed by atoms with van der Waals surface area (Å²) in [6.45, 7) is 0. The summed E-state index contributed by atoms with van der Waals surface area (Å²) in [7, 11) is 1.86. The molecule has 3 unspecified atom stereocenters. The quantitative estimate of drug-likeness (QED) is 0.850. The molecule has 0 radical (unpaired) electrons. The second-order valence-corrected chi connectivity index (χ2v) is 5.42. The molecule has 3 rings (SSSR count). The van der Waals surface area contributed by atoms with E-state index in [-0.39, 0.29) is 6.04 Å². The first-order valence-electron chi connectivity index (χ1n) is 6.31. The summed E-state index contributed by atoms with van der Waals surface area (Å²) in [5, 5.41) is 3.20. The maximum atomic E-state index is 13.8. The van der Waals surface area contributed by atoms with Crippen LogP contribution in [0.4, 0.5) is 8.78 Å². The zero-order valence-electron chi connectivity index (χ0n) is 9.92. The first-order chi connectivity index (χ1) is 8.19. The van der Waals surface area contributed by atoms with Crippen molar-refractivity contribution in [3.05, 3.63) is 35.4 Å². The van der Waals surface area contributed by atoms with Crippen molar-refractivity contribution in [1.29, 1.82) is 0 Å². The Morgan fingerprint density at radius 1 is 1.18 bits per heavy atom. The van der Waals surface area contributed by atoms with Gasteiger partial charge in [-0.25, -0.2) is 8.78 Å². The van der Waals surface area contributed by atoms with Gasteiger partial charge in [-0.2, -0.15) is 0 Å². The van der Waals surface area contributed by atoms with Gasteiger partial charge < -0.3 is 5.32 Å². The number of rotatable bonds is 3. The van der Waals surface area contributed by atoms with Crippen LogP contribution in [-0.4, -0.2) is 7.05 Å². The molecular weight excluding hydrogens is 220 g/mol. The first-order valence-corrected chi connectivity index (χ1v) is 6.31. The molecule has 0 heterocycles. The van der Waals surface area contributed by atoms with E-state index in [1.807, 2.05) is 7.05 Å². The molecule has 2 aliphatic carbocycles. The molecule has 0 amide bonds. The molecule has 17 heavy (non-hydrogen) atoms. The van der Waals surface area contributed by atoms with Gasteiger partial charge in [0.15, 0.2) is 0 Å². The minimum absolute atomic E-state index is 0.0309. The lowest BCUT2D eigenvalue weighted by atomic mass is 9.89. The second kappa shape index (κ2) is 4.05. The zero-order valence-corrected chi connectivity index (χ0v) is 9.92. The molecule has 2 saturated carbocycles. The summed E-state index contributed by atoms with van der Waals surface area (Å²) in [5.41, 5.74) is 0.611. The van der Waals surface area contributed by atoms with Crippen LogP contribution in [-0.2, 0) is 0 Å². The average molecular weight is 237 g/mol.